The number of aromatic nitrogens is 2. The minimum atomic E-state index is -0.0927. The van der Waals surface area contributed by atoms with E-state index in [0.717, 1.165) is 0 Å². The van der Waals surface area contributed by atoms with Crippen LogP contribution >= 0.6 is 0 Å². The van der Waals surface area contributed by atoms with E-state index < -0.39 is 0 Å². The number of nitrogens with two attached hydrogens (primary N) is 1. The SMILES string of the molecule is N#Cc1cccn1CCn1cc(N)ccc1=O. The first-order valence-electron chi connectivity index (χ1n) is 5.22. The van der Waals surface area contributed by atoms with Gasteiger partial charge in [0, 0.05) is 37.2 Å². The maximum Gasteiger partial charge on any atom is 0.250 e. The van der Waals surface area contributed by atoms with Gasteiger partial charge in [-0.3, -0.25) is 4.79 Å². The van der Waals surface area contributed by atoms with Gasteiger partial charge in [0.2, 0.25) is 0 Å². The van der Waals surface area contributed by atoms with Crippen LogP contribution in [0.5, 0.6) is 0 Å². The Labute approximate surface area is 98.3 Å². The largest absolute Gasteiger partial charge is 0.398 e. The molecule has 2 aromatic heterocycles. The Morgan fingerprint density at radius 2 is 2.00 bits per heavy atom. The number of nitrogen functional groups attached to an aromatic ring is 1. The average molecular weight is 228 g/mol. The highest BCUT2D eigenvalue weighted by Crippen LogP contribution is 2.02. The fraction of sp³-hybridized carbons (Fsp3) is 0.167. The molecular formula is C12H12N4O. The molecule has 0 saturated carbocycles. The molecule has 86 valence electrons. The molecule has 0 amide bonds. The third kappa shape index (κ3) is 2.37. The van der Waals surface area contributed by atoms with Crippen molar-refractivity contribution in [1.82, 2.24) is 9.13 Å². The maximum absolute atomic E-state index is 11.5. The zero-order valence-corrected chi connectivity index (χ0v) is 9.21. The molecule has 0 spiro atoms. The van der Waals surface area contributed by atoms with Gasteiger partial charge < -0.3 is 14.9 Å². The van der Waals surface area contributed by atoms with Gasteiger partial charge in [-0.05, 0) is 18.2 Å². The quantitative estimate of drug-likeness (QED) is 0.844. The van der Waals surface area contributed by atoms with E-state index in [9.17, 15) is 4.79 Å². The summed E-state index contributed by atoms with van der Waals surface area (Å²) in [4.78, 5) is 11.5. The Kier molecular flexibility index (Phi) is 2.97. The molecule has 2 heterocycles. The summed E-state index contributed by atoms with van der Waals surface area (Å²) in [7, 11) is 0. The third-order valence-corrected chi connectivity index (χ3v) is 2.53. The van der Waals surface area contributed by atoms with E-state index in [2.05, 4.69) is 6.07 Å². The van der Waals surface area contributed by atoms with Gasteiger partial charge in [-0.2, -0.15) is 5.26 Å². The maximum atomic E-state index is 11.5. The van der Waals surface area contributed by atoms with Crippen molar-refractivity contribution >= 4 is 5.69 Å². The van der Waals surface area contributed by atoms with Crippen LogP contribution in [0, 0.1) is 11.3 Å². The van der Waals surface area contributed by atoms with Crippen LogP contribution in [0.25, 0.3) is 0 Å². The molecule has 2 rings (SSSR count). The summed E-state index contributed by atoms with van der Waals surface area (Å²) in [5.41, 5.74) is 6.66. The summed E-state index contributed by atoms with van der Waals surface area (Å²) < 4.78 is 3.34. The van der Waals surface area contributed by atoms with Gasteiger partial charge in [0.15, 0.2) is 0 Å². The number of nitriles is 1. The van der Waals surface area contributed by atoms with Gasteiger partial charge in [-0.25, -0.2) is 0 Å². The monoisotopic (exact) mass is 228 g/mol. The van der Waals surface area contributed by atoms with Crippen molar-refractivity contribution < 1.29 is 0 Å². The summed E-state index contributed by atoms with van der Waals surface area (Å²) in [6.07, 6.45) is 3.42. The van der Waals surface area contributed by atoms with Gasteiger partial charge in [0.05, 0.1) is 0 Å². The van der Waals surface area contributed by atoms with Crippen LogP contribution in [0.4, 0.5) is 5.69 Å². The molecule has 5 heteroatoms. The van der Waals surface area contributed by atoms with Crippen LogP contribution in [-0.4, -0.2) is 9.13 Å². The smallest absolute Gasteiger partial charge is 0.250 e. The van der Waals surface area contributed by atoms with Crippen molar-refractivity contribution in [1.29, 1.82) is 5.26 Å². The lowest BCUT2D eigenvalue weighted by Gasteiger charge is -2.08. The standard InChI is InChI=1S/C12H12N4O/c13-8-11-2-1-5-15(11)6-7-16-9-10(14)3-4-12(16)17/h1-5,9H,6-7,14H2. The number of nitrogens with zero attached hydrogens (tertiary/aromatic N) is 3. The van der Waals surface area contributed by atoms with Crippen LogP contribution in [0.2, 0.25) is 0 Å². The fourth-order valence-electron chi connectivity index (χ4n) is 1.65. The Hall–Kier alpha value is -2.48. The van der Waals surface area contributed by atoms with Crippen molar-refractivity contribution in [3.63, 3.8) is 0 Å². The Balaban J connectivity index is 2.16. The lowest BCUT2D eigenvalue weighted by molar-refractivity contribution is 0.564. The predicted molar refractivity (Wildman–Crippen MR) is 64.3 cm³/mol. The van der Waals surface area contributed by atoms with E-state index in [1.54, 1.807) is 29.0 Å². The highest BCUT2D eigenvalue weighted by atomic mass is 16.1. The lowest BCUT2D eigenvalue weighted by Crippen LogP contribution is -2.21. The van der Waals surface area contributed by atoms with Crippen LogP contribution in [0.3, 0.4) is 0 Å². The summed E-state index contributed by atoms with van der Waals surface area (Å²) in [5, 5.41) is 8.84. The summed E-state index contributed by atoms with van der Waals surface area (Å²) in [6.45, 7) is 1.06. The number of hydrogen-bond donors (Lipinski definition) is 1. The molecule has 0 fully saturated rings. The second kappa shape index (κ2) is 4.58. The predicted octanol–water partition coefficient (Wildman–Crippen LogP) is 0.804. The number of aryl methyl sites for hydroxylation is 2. The van der Waals surface area contributed by atoms with E-state index in [1.165, 1.54) is 10.6 Å². The molecule has 0 aromatic carbocycles. The van der Waals surface area contributed by atoms with Crippen LogP contribution in [0.15, 0.2) is 41.5 Å². The Morgan fingerprint density at radius 3 is 2.76 bits per heavy atom. The van der Waals surface area contributed by atoms with Crippen LogP contribution < -0.4 is 11.3 Å². The van der Waals surface area contributed by atoms with Gasteiger partial charge in [0.25, 0.3) is 5.56 Å². The van der Waals surface area contributed by atoms with Gasteiger partial charge >= 0.3 is 0 Å². The molecule has 5 nitrogen and oxygen atoms in total. The Bertz CT molecular complexity index is 618. The zero-order chi connectivity index (χ0) is 12.3. The van der Waals surface area contributed by atoms with E-state index >= 15 is 0 Å². The van der Waals surface area contributed by atoms with E-state index in [4.69, 9.17) is 11.0 Å². The minimum absolute atomic E-state index is 0.0927. The zero-order valence-electron chi connectivity index (χ0n) is 9.21. The molecule has 2 aromatic rings. The molecule has 0 aliphatic heterocycles. The van der Waals surface area contributed by atoms with Crippen molar-refractivity contribution in [2.45, 2.75) is 13.1 Å². The van der Waals surface area contributed by atoms with Crippen molar-refractivity contribution in [3.8, 4) is 6.07 Å². The van der Waals surface area contributed by atoms with Crippen LogP contribution in [0.1, 0.15) is 5.69 Å². The highest BCUT2D eigenvalue weighted by Gasteiger charge is 2.01. The summed E-state index contributed by atoms with van der Waals surface area (Å²) >= 11 is 0. The first-order valence-corrected chi connectivity index (χ1v) is 5.22. The molecule has 0 atom stereocenters. The summed E-state index contributed by atoms with van der Waals surface area (Å²) in [5.74, 6) is 0. The van der Waals surface area contributed by atoms with E-state index in [1.807, 2.05) is 6.20 Å². The second-order valence-electron chi connectivity index (χ2n) is 3.69. The molecule has 0 bridgehead atoms. The normalized spacial score (nSPS) is 10.1. The third-order valence-electron chi connectivity index (χ3n) is 2.53. The number of pyridine rings is 1. The van der Waals surface area contributed by atoms with Crippen LogP contribution in [-0.2, 0) is 13.1 Å². The molecule has 0 unspecified atom stereocenters. The lowest BCUT2D eigenvalue weighted by atomic mass is 10.4. The second-order valence-corrected chi connectivity index (χ2v) is 3.69. The summed E-state index contributed by atoms with van der Waals surface area (Å²) in [6, 6.07) is 8.65. The van der Waals surface area contributed by atoms with Crippen molar-refractivity contribution in [2.24, 2.45) is 0 Å². The first-order chi connectivity index (χ1) is 8.20. The molecule has 0 aliphatic carbocycles. The van der Waals surface area contributed by atoms with Crippen molar-refractivity contribution in [3.05, 3.63) is 52.7 Å². The average Bonchev–Trinajstić information content (AvgIpc) is 2.77. The molecule has 0 aliphatic rings. The first kappa shape index (κ1) is 11.0. The van der Waals surface area contributed by atoms with Gasteiger partial charge in [-0.15, -0.1) is 0 Å². The number of anilines is 1. The molecule has 0 radical (unpaired) electrons. The number of hydrogen-bond acceptors (Lipinski definition) is 3. The molecular weight excluding hydrogens is 216 g/mol. The van der Waals surface area contributed by atoms with Gasteiger partial charge in [0.1, 0.15) is 11.8 Å². The molecule has 17 heavy (non-hydrogen) atoms. The van der Waals surface area contributed by atoms with Gasteiger partial charge in [-0.1, -0.05) is 0 Å². The Morgan fingerprint density at radius 1 is 1.24 bits per heavy atom. The topological polar surface area (TPSA) is 76.7 Å². The highest BCUT2D eigenvalue weighted by molar-refractivity contribution is 5.33. The minimum Gasteiger partial charge on any atom is -0.398 e. The van der Waals surface area contributed by atoms with E-state index in [0.29, 0.717) is 24.5 Å². The fourth-order valence-corrected chi connectivity index (χ4v) is 1.65. The molecule has 0 saturated heterocycles. The number of rotatable bonds is 3. The van der Waals surface area contributed by atoms with Crippen molar-refractivity contribution in [2.75, 3.05) is 5.73 Å². The molecule has 2 N–H and O–H groups in total. The van der Waals surface area contributed by atoms with E-state index in [-0.39, 0.29) is 5.56 Å².